The highest BCUT2D eigenvalue weighted by molar-refractivity contribution is 7.92. The Bertz CT molecular complexity index is 1190. The maximum Gasteiger partial charge on any atom is 0.345 e. The highest BCUT2D eigenvalue weighted by atomic mass is 32.2. The summed E-state index contributed by atoms with van der Waals surface area (Å²) >= 11 is 0. The van der Waals surface area contributed by atoms with Crippen LogP contribution in [0.4, 0.5) is 17.3 Å². The zero-order valence-electron chi connectivity index (χ0n) is 15.7. The van der Waals surface area contributed by atoms with Crippen LogP contribution in [0.5, 0.6) is 0 Å². The Hall–Kier alpha value is -3.93. The summed E-state index contributed by atoms with van der Waals surface area (Å²) in [4.78, 5) is 22.7. The van der Waals surface area contributed by atoms with E-state index < -0.39 is 20.9 Å². The van der Waals surface area contributed by atoms with Crippen LogP contribution in [0.1, 0.15) is 17.3 Å². The average molecular weight is 431 g/mol. The van der Waals surface area contributed by atoms with Crippen LogP contribution in [0.15, 0.2) is 59.5 Å². The monoisotopic (exact) mass is 431 g/mol. The summed E-state index contributed by atoms with van der Waals surface area (Å²) in [6.45, 7) is 1.62. The van der Waals surface area contributed by atoms with Crippen LogP contribution in [0.2, 0.25) is 0 Å². The first kappa shape index (κ1) is 20.8. The number of nitrogen functional groups attached to an aromatic ring is 1. The van der Waals surface area contributed by atoms with Crippen molar-refractivity contribution in [3.63, 3.8) is 0 Å². The molecule has 0 bridgehead atoms. The number of nitro benzene ring substituents is 1. The van der Waals surface area contributed by atoms with Crippen molar-refractivity contribution in [1.82, 2.24) is 9.78 Å². The van der Waals surface area contributed by atoms with Crippen LogP contribution in [0.3, 0.4) is 0 Å². The Morgan fingerprint density at radius 2 is 1.83 bits per heavy atom. The highest BCUT2D eigenvalue weighted by Crippen LogP contribution is 2.28. The van der Waals surface area contributed by atoms with Crippen molar-refractivity contribution in [3.8, 4) is 5.69 Å². The third kappa shape index (κ3) is 4.07. The number of hydrogen-bond donors (Lipinski definition) is 2. The zero-order valence-corrected chi connectivity index (χ0v) is 16.5. The van der Waals surface area contributed by atoms with Gasteiger partial charge in [0.15, 0.2) is 5.82 Å². The van der Waals surface area contributed by atoms with Gasteiger partial charge in [0.1, 0.15) is 11.4 Å². The van der Waals surface area contributed by atoms with E-state index in [1.54, 1.807) is 25.1 Å². The Balaban J connectivity index is 2.09. The van der Waals surface area contributed by atoms with Crippen molar-refractivity contribution in [2.24, 2.45) is 0 Å². The van der Waals surface area contributed by atoms with Crippen LogP contribution in [-0.4, -0.2) is 35.7 Å². The lowest BCUT2D eigenvalue weighted by atomic mass is 10.2. The van der Waals surface area contributed by atoms with E-state index in [0.717, 1.165) is 4.68 Å². The molecule has 3 rings (SSSR count). The molecule has 1 heterocycles. The summed E-state index contributed by atoms with van der Waals surface area (Å²) in [5, 5.41) is 14.9. The molecule has 3 aromatic rings. The molecule has 11 nitrogen and oxygen atoms in total. The first-order valence-corrected chi connectivity index (χ1v) is 10.1. The van der Waals surface area contributed by atoms with Crippen LogP contribution < -0.4 is 10.5 Å². The first-order chi connectivity index (χ1) is 14.2. The van der Waals surface area contributed by atoms with Gasteiger partial charge in [0, 0.05) is 12.1 Å². The number of nitrogens with one attached hydrogen (secondary N) is 1. The molecule has 0 saturated carbocycles. The van der Waals surface area contributed by atoms with Gasteiger partial charge in [0.25, 0.3) is 15.7 Å². The maximum absolute atomic E-state index is 12.7. The van der Waals surface area contributed by atoms with Gasteiger partial charge < -0.3 is 10.5 Å². The molecule has 3 N–H and O–H groups in total. The number of nitrogens with two attached hydrogens (primary N) is 1. The van der Waals surface area contributed by atoms with Crippen LogP contribution in [0.25, 0.3) is 5.69 Å². The highest BCUT2D eigenvalue weighted by Gasteiger charge is 2.28. The van der Waals surface area contributed by atoms with Gasteiger partial charge in [-0.15, -0.1) is 5.10 Å². The van der Waals surface area contributed by atoms with Gasteiger partial charge in [-0.05, 0) is 31.2 Å². The molecule has 0 amide bonds. The maximum atomic E-state index is 12.7. The van der Waals surface area contributed by atoms with Crippen molar-refractivity contribution >= 4 is 33.3 Å². The fourth-order valence-electron chi connectivity index (χ4n) is 2.61. The summed E-state index contributed by atoms with van der Waals surface area (Å²) < 4.78 is 33.7. The number of anilines is 2. The van der Waals surface area contributed by atoms with Crippen molar-refractivity contribution in [2.45, 2.75) is 11.8 Å². The quantitative estimate of drug-likeness (QED) is 0.327. The number of nitrogens with zero attached hydrogens (tertiary/aromatic N) is 3. The molecule has 0 aliphatic carbocycles. The molecule has 2 aromatic carbocycles. The number of nitro groups is 1. The average Bonchev–Trinajstić information content (AvgIpc) is 3.04. The fraction of sp³-hybridized carbons (Fsp3) is 0.111. The lowest BCUT2D eigenvalue weighted by Gasteiger charge is -2.07. The Morgan fingerprint density at radius 3 is 2.40 bits per heavy atom. The van der Waals surface area contributed by atoms with Crippen molar-refractivity contribution < 1.29 is 22.9 Å². The van der Waals surface area contributed by atoms with Crippen LogP contribution >= 0.6 is 0 Å². The van der Waals surface area contributed by atoms with Crippen molar-refractivity contribution in [3.05, 3.63) is 70.3 Å². The number of hydrogen-bond acceptors (Lipinski definition) is 8. The summed E-state index contributed by atoms with van der Waals surface area (Å²) in [5.41, 5.74) is 5.92. The summed E-state index contributed by atoms with van der Waals surface area (Å²) in [7, 11) is -4.07. The van der Waals surface area contributed by atoms with Gasteiger partial charge in [-0.25, -0.2) is 17.9 Å². The fourth-order valence-corrected chi connectivity index (χ4v) is 3.64. The number of rotatable bonds is 7. The molecular weight excluding hydrogens is 414 g/mol. The topological polar surface area (TPSA) is 159 Å². The SMILES string of the molecule is CCOC(=O)c1c(NS(=O)(=O)c2ccccc2)nn(-c2ccc([N+](=O)[O-])cc2)c1N. The second-order valence-corrected chi connectivity index (χ2v) is 7.62. The second-order valence-electron chi connectivity index (χ2n) is 5.93. The normalized spacial score (nSPS) is 11.1. The lowest BCUT2D eigenvalue weighted by Crippen LogP contribution is -2.16. The Kier molecular flexibility index (Phi) is 5.69. The van der Waals surface area contributed by atoms with E-state index in [4.69, 9.17) is 10.5 Å². The number of aromatic nitrogens is 2. The van der Waals surface area contributed by atoms with Gasteiger partial charge in [-0.2, -0.15) is 0 Å². The predicted octanol–water partition coefficient (Wildman–Crippen LogP) is 2.34. The van der Waals surface area contributed by atoms with Gasteiger partial charge in [-0.3, -0.25) is 14.8 Å². The molecule has 156 valence electrons. The molecule has 0 unspecified atom stereocenters. The van der Waals surface area contributed by atoms with Gasteiger partial charge >= 0.3 is 5.97 Å². The van der Waals surface area contributed by atoms with E-state index in [0.29, 0.717) is 0 Å². The molecule has 0 spiro atoms. The molecule has 0 saturated heterocycles. The smallest absolute Gasteiger partial charge is 0.345 e. The van der Waals surface area contributed by atoms with Gasteiger partial charge in [0.05, 0.1) is 22.1 Å². The largest absolute Gasteiger partial charge is 0.462 e. The van der Waals surface area contributed by atoms with E-state index in [9.17, 15) is 23.3 Å². The number of ether oxygens (including phenoxy) is 1. The minimum atomic E-state index is -4.07. The van der Waals surface area contributed by atoms with E-state index in [2.05, 4.69) is 9.82 Å². The standard InChI is InChI=1S/C18H17N5O6S/c1-2-29-18(24)15-16(19)22(12-8-10-13(11-9-12)23(25)26)20-17(15)21-30(27,28)14-6-4-3-5-7-14/h3-11H,2,19H2,1H3,(H,20,21). The summed E-state index contributed by atoms with van der Waals surface area (Å²) in [6, 6.07) is 12.7. The van der Waals surface area contributed by atoms with E-state index >= 15 is 0 Å². The predicted molar refractivity (Wildman–Crippen MR) is 108 cm³/mol. The number of benzene rings is 2. The van der Waals surface area contributed by atoms with Crippen LogP contribution in [-0.2, 0) is 14.8 Å². The minimum absolute atomic E-state index is 0.0336. The number of sulfonamides is 1. The van der Waals surface area contributed by atoms with Gasteiger partial charge in [-0.1, -0.05) is 18.2 Å². The lowest BCUT2D eigenvalue weighted by molar-refractivity contribution is -0.384. The van der Waals surface area contributed by atoms with E-state index in [1.807, 2.05) is 0 Å². The second kappa shape index (κ2) is 8.21. The summed E-state index contributed by atoms with van der Waals surface area (Å²) in [5.74, 6) is -1.38. The van der Waals surface area contributed by atoms with Crippen molar-refractivity contribution in [1.29, 1.82) is 0 Å². The molecule has 12 heteroatoms. The third-order valence-corrected chi connectivity index (χ3v) is 5.35. The zero-order chi connectivity index (χ0) is 21.9. The Labute approximate surface area is 171 Å². The van der Waals surface area contributed by atoms with E-state index in [1.165, 1.54) is 36.4 Å². The molecular formula is C18H17N5O6S. The number of non-ortho nitro benzene ring substituents is 1. The minimum Gasteiger partial charge on any atom is -0.462 e. The van der Waals surface area contributed by atoms with Crippen molar-refractivity contribution in [2.75, 3.05) is 17.1 Å². The Morgan fingerprint density at radius 1 is 1.20 bits per heavy atom. The molecule has 0 radical (unpaired) electrons. The molecule has 0 aliphatic heterocycles. The molecule has 0 aliphatic rings. The summed E-state index contributed by atoms with van der Waals surface area (Å²) in [6.07, 6.45) is 0. The third-order valence-electron chi connectivity index (χ3n) is 3.99. The number of esters is 1. The molecule has 30 heavy (non-hydrogen) atoms. The molecule has 0 fully saturated rings. The molecule has 1 aromatic heterocycles. The van der Waals surface area contributed by atoms with Crippen LogP contribution in [0, 0.1) is 10.1 Å². The van der Waals surface area contributed by atoms with Gasteiger partial charge in [0.2, 0.25) is 0 Å². The van der Waals surface area contributed by atoms with E-state index in [-0.39, 0.29) is 40.1 Å². The number of carbonyl (C=O) groups excluding carboxylic acids is 1. The number of carbonyl (C=O) groups is 1. The first-order valence-electron chi connectivity index (χ1n) is 8.63. The molecule has 0 atom stereocenters.